The highest BCUT2D eigenvalue weighted by Gasteiger charge is 2.50. The second kappa shape index (κ2) is 7.91. The SMILES string of the molecule is O=C(COc1ccccc1OCc1ccccc1)NCC1(C(=O)O)CC1. The van der Waals surface area contributed by atoms with Crippen LogP contribution in [-0.4, -0.2) is 30.1 Å². The lowest BCUT2D eigenvalue weighted by atomic mass is 10.1. The Kier molecular flexibility index (Phi) is 5.41. The third-order valence-electron chi connectivity index (χ3n) is 4.38. The second-order valence-corrected chi connectivity index (χ2v) is 6.37. The van der Waals surface area contributed by atoms with Gasteiger partial charge in [0.1, 0.15) is 6.61 Å². The second-order valence-electron chi connectivity index (χ2n) is 6.37. The molecule has 1 fully saturated rings. The van der Waals surface area contributed by atoms with Gasteiger partial charge in [0.15, 0.2) is 18.1 Å². The number of carboxylic acids is 1. The molecule has 0 aromatic heterocycles. The topological polar surface area (TPSA) is 84.9 Å². The third kappa shape index (κ3) is 4.53. The van der Waals surface area contributed by atoms with E-state index in [0.717, 1.165) is 5.56 Å². The molecule has 0 unspecified atom stereocenters. The zero-order valence-corrected chi connectivity index (χ0v) is 14.3. The fourth-order valence-electron chi connectivity index (χ4n) is 2.50. The predicted molar refractivity (Wildman–Crippen MR) is 95.0 cm³/mol. The van der Waals surface area contributed by atoms with Crippen LogP contribution in [0, 0.1) is 5.41 Å². The molecule has 0 bridgehead atoms. The first-order valence-corrected chi connectivity index (χ1v) is 8.48. The van der Waals surface area contributed by atoms with Gasteiger partial charge in [0, 0.05) is 6.54 Å². The van der Waals surface area contributed by atoms with Gasteiger partial charge in [0.05, 0.1) is 5.41 Å². The van der Waals surface area contributed by atoms with E-state index in [1.54, 1.807) is 18.2 Å². The molecule has 2 N–H and O–H groups in total. The molecule has 26 heavy (non-hydrogen) atoms. The quantitative estimate of drug-likeness (QED) is 0.722. The maximum atomic E-state index is 11.9. The van der Waals surface area contributed by atoms with Crippen molar-refractivity contribution < 1.29 is 24.2 Å². The number of amides is 1. The Labute approximate surface area is 151 Å². The van der Waals surface area contributed by atoms with Gasteiger partial charge in [-0.2, -0.15) is 0 Å². The van der Waals surface area contributed by atoms with Crippen molar-refractivity contribution in [3.05, 3.63) is 60.2 Å². The molecule has 0 radical (unpaired) electrons. The van der Waals surface area contributed by atoms with E-state index < -0.39 is 11.4 Å². The lowest BCUT2D eigenvalue weighted by Crippen LogP contribution is -2.36. The number of aliphatic carboxylic acids is 1. The zero-order valence-electron chi connectivity index (χ0n) is 14.3. The number of rotatable bonds is 9. The zero-order chi connectivity index (χ0) is 18.4. The van der Waals surface area contributed by atoms with Crippen molar-refractivity contribution in [3.63, 3.8) is 0 Å². The van der Waals surface area contributed by atoms with Crippen molar-refractivity contribution in [2.24, 2.45) is 5.41 Å². The van der Waals surface area contributed by atoms with E-state index >= 15 is 0 Å². The molecular weight excluding hydrogens is 334 g/mol. The summed E-state index contributed by atoms with van der Waals surface area (Å²) in [6, 6.07) is 16.9. The van der Waals surface area contributed by atoms with E-state index in [0.29, 0.717) is 30.9 Å². The molecule has 136 valence electrons. The minimum atomic E-state index is -0.863. The minimum absolute atomic E-state index is 0.136. The maximum Gasteiger partial charge on any atom is 0.311 e. The normalized spacial score (nSPS) is 14.3. The first-order chi connectivity index (χ1) is 12.6. The highest BCUT2D eigenvalue weighted by molar-refractivity contribution is 5.81. The molecule has 2 aromatic rings. The van der Waals surface area contributed by atoms with Gasteiger partial charge in [0.2, 0.25) is 0 Å². The number of carbonyl (C=O) groups is 2. The van der Waals surface area contributed by atoms with Gasteiger partial charge >= 0.3 is 5.97 Å². The van der Waals surface area contributed by atoms with E-state index in [1.165, 1.54) is 0 Å². The molecule has 2 aromatic carbocycles. The molecule has 0 spiro atoms. The Morgan fingerprint density at radius 3 is 2.19 bits per heavy atom. The van der Waals surface area contributed by atoms with Crippen LogP contribution in [0.4, 0.5) is 0 Å². The van der Waals surface area contributed by atoms with Crippen molar-refractivity contribution in [1.82, 2.24) is 5.32 Å². The van der Waals surface area contributed by atoms with E-state index in [2.05, 4.69) is 5.32 Å². The number of para-hydroxylation sites is 2. The monoisotopic (exact) mass is 355 g/mol. The number of nitrogens with one attached hydrogen (secondary N) is 1. The Morgan fingerprint density at radius 2 is 1.58 bits per heavy atom. The standard InChI is InChI=1S/C20H21NO5/c22-18(21-14-20(10-11-20)19(23)24)13-26-17-9-5-4-8-16(17)25-12-15-6-2-1-3-7-15/h1-9H,10-14H2,(H,21,22)(H,23,24). The number of benzene rings is 2. The van der Waals surface area contributed by atoms with Crippen LogP contribution in [0.15, 0.2) is 54.6 Å². The summed E-state index contributed by atoms with van der Waals surface area (Å²) in [7, 11) is 0. The van der Waals surface area contributed by atoms with Crippen molar-refractivity contribution in [2.75, 3.05) is 13.2 Å². The van der Waals surface area contributed by atoms with Crippen LogP contribution in [-0.2, 0) is 16.2 Å². The summed E-state index contributed by atoms with van der Waals surface area (Å²) >= 11 is 0. The molecule has 0 atom stereocenters. The molecule has 1 saturated carbocycles. The highest BCUT2D eigenvalue weighted by Crippen LogP contribution is 2.45. The van der Waals surface area contributed by atoms with Crippen molar-refractivity contribution in [3.8, 4) is 11.5 Å². The van der Waals surface area contributed by atoms with E-state index in [1.807, 2.05) is 36.4 Å². The Bertz CT molecular complexity index is 771. The van der Waals surface area contributed by atoms with Gasteiger partial charge in [0.25, 0.3) is 5.91 Å². The van der Waals surface area contributed by atoms with Gasteiger partial charge in [-0.15, -0.1) is 0 Å². The molecule has 6 heteroatoms. The summed E-state index contributed by atoms with van der Waals surface area (Å²) in [6.45, 7) is 0.340. The summed E-state index contributed by atoms with van der Waals surface area (Å²) in [5, 5.41) is 11.7. The van der Waals surface area contributed by atoms with Crippen LogP contribution in [0.5, 0.6) is 11.5 Å². The van der Waals surface area contributed by atoms with Gasteiger partial charge < -0.3 is 19.9 Å². The lowest BCUT2D eigenvalue weighted by Gasteiger charge is -2.14. The van der Waals surface area contributed by atoms with E-state index in [4.69, 9.17) is 14.6 Å². The van der Waals surface area contributed by atoms with Crippen LogP contribution in [0.2, 0.25) is 0 Å². The summed E-state index contributed by atoms with van der Waals surface area (Å²) in [5.74, 6) is -0.194. The van der Waals surface area contributed by atoms with Crippen molar-refractivity contribution in [2.45, 2.75) is 19.4 Å². The predicted octanol–water partition coefficient (Wildman–Crippen LogP) is 2.63. The van der Waals surface area contributed by atoms with Crippen LogP contribution < -0.4 is 14.8 Å². The number of hydrogen-bond donors (Lipinski definition) is 2. The van der Waals surface area contributed by atoms with Crippen LogP contribution in [0.1, 0.15) is 18.4 Å². The highest BCUT2D eigenvalue weighted by atomic mass is 16.5. The Balaban J connectivity index is 1.50. The smallest absolute Gasteiger partial charge is 0.311 e. The average Bonchev–Trinajstić information content (AvgIpc) is 3.46. The summed E-state index contributed by atoms with van der Waals surface area (Å²) in [4.78, 5) is 23.0. The maximum absolute atomic E-state index is 11.9. The lowest BCUT2D eigenvalue weighted by molar-refractivity contribution is -0.143. The summed E-state index contributed by atoms with van der Waals surface area (Å²) in [6.07, 6.45) is 1.19. The third-order valence-corrected chi connectivity index (χ3v) is 4.38. The number of ether oxygens (including phenoxy) is 2. The van der Waals surface area contributed by atoms with E-state index in [9.17, 15) is 9.59 Å². The van der Waals surface area contributed by atoms with Gasteiger partial charge in [-0.3, -0.25) is 9.59 Å². The average molecular weight is 355 g/mol. The molecule has 0 saturated heterocycles. The van der Waals surface area contributed by atoms with E-state index in [-0.39, 0.29) is 19.1 Å². The van der Waals surface area contributed by atoms with Gasteiger partial charge in [-0.25, -0.2) is 0 Å². The van der Waals surface area contributed by atoms with Gasteiger partial charge in [-0.1, -0.05) is 42.5 Å². The number of hydrogen-bond acceptors (Lipinski definition) is 4. The van der Waals surface area contributed by atoms with Crippen molar-refractivity contribution >= 4 is 11.9 Å². The fourth-order valence-corrected chi connectivity index (χ4v) is 2.50. The van der Waals surface area contributed by atoms with Crippen LogP contribution >= 0.6 is 0 Å². The molecule has 1 aliphatic rings. The molecular formula is C20H21NO5. The molecule has 1 amide bonds. The van der Waals surface area contributed by atoms with Crippen LogP contribution in [0.3, 0.4) is 0 Å². The molecule has 6 nitrogen and oxygen atoms in total. The first kappa shape index (κ1) is 17.8. The summed E-state index contributed by atoms with van der Waals surface area (Å²) in [5.41, 5.74) is 0.246. The number of carboxylic acid groups (broad SMARTS) is 1. The molecule has 1 aliphatic carbocycles. The van der Waals surface area contributed by atoms with Gasteiger partial charge in [-0.05, 0) is 30.5 Å². The minimum Gasteiger partial charge on any atom is -0.485 e. The first-order valence-electron chi connectivity index (χ1n) is 8.48. The van der Waals surface area contributed by atoms with Crippen LogP contribution in [0.25, 0.3) is 0 Å². The molecule has 3 rings (SSSR count). The summed E-state index contributed by atoms with van der Waals surface area (Å²) < 4.78 is 11.3. The molecule has 0 heterocycles. The Morgan fingerprint density at radius 1 is 0.962 bits per heavy atom. The molecule has 0 aliphatic heterocycles. The van der Waals surface area contributed by atoms with Crippen molar-refractivity contribution in [1.29, 1.82) is 0 Å². The fraction of sp³-hybridized carbons (Fsp3) is 0.300. The Hall–Kier alpha value is -3.02. The largest absolute Gasteiger partial charge is 0.485 e. The number of carbonyl (C=O) groups excluding carboxylic acids is 1.